The van der Waals surface area contributed by atoms with Gasteiger partial charge in [0, 0.05) is 18.9 Å². The van der Waals surface area contributed by atoms with Gasteiger partial charge in [0.25, 0.3) is 0 Å². The van der Waals surface area contributed by atoms with Gasteiger partial charge in [-0.2, -0.15) is 0 Å². The van der Waals surface area contributed by atoms with Crippen LogP contribution in [0.25, 0.3) is 0 Å². The second-order valence-corrected chi connectivity index (χ2v) is 2.93. The molecule has 1 rings (SSSR count). The summed E-state index contributed by atoms with van der Waals surface area (Å²) in [5.74, 6) is 0.538. The molecule has 1 aromatic rings. The van der Waals surface area contributed by atoms with E-state index in [-0.39, 0.29) is 0 Å². The zero-order valence-corrected chi connectivity index (χ0v) is 7.04. The van der Waals surface area contributed by atoms with Gasteiger partial charge in [-0.1, -0.05) is 13.8 Å². The van der Waals surface area contributed by atoms with Crippen LogP contribution in [0.3, 0.4) is 0 Å². The maximum Gasteiger partial charge on any atom is 0.0315 e. The number of nitrogens with zero attached hydrogens (tertiary/aromatic N) is 1. The number of nitrogens with two attached hydrogens (primary N) is 1. The lowest BCUT2D eigenvalue weighted by Gasteiger charge is -2.09. The van der Waals surface area contributed by atoms with Crippen molar-refractivity contribution >= 4 is 0 Å². The van der Waals surface area contributed by atoms with Gasteiger partial charge in [0.1, 0.15) is 0 Å². The predicted molar refractivity (Wildman–Crippen MR) is 46.2 cm³/mol. The lowest BCUT2D eigenvalue weighted by atomic mass is 10.00. The highest BCUT2D eigenvalue weighted by atomic mass is 14.6. The standard InChI is InChI=1S/C9H14N2/c1-7(2)9-3-4-11-6-8(9)5-10/h3-4,6-7H,5,10H2,1-2H3. The first-order chi connectivity index (χ1) is 5.25. The van der Waals surface area contributed by atoms with Crippen LogP contribution in [0.1, 0.15) is 30.9 Å². The Morgan fingerprint density at radius 1 is 1.55 bits per heavy atom. The van der Waals surface area contributed by atoms with E-state index in [2.05, 4.69) is 18.8 Å². The molecule has 0 fully saturated rings. The Morgan fingerprint density at radius 3 is 2.73 bits per heavy atom. The van der Waals surface area contributed by atoms with Gasteiger partial charge < -0.3 is 5.73 Å². The van der Waals surface area contributed by atoms with Crippen molar-refractivity contribution in [3.63, 3.8) is 0 Å². The average molecular weight is 150 g/mol. The zero-order valence-electron chi connectivity index (χ0n) is 7.04. The van der Waals surface area contributed by atoms with E-state index in [0.29, 0.717) is 12.5 Å². The quantitative estimate of drug-likeness (QED) is 0.696. The summed E-state index contributed by atoms with van der Waals surface area (Å²) in [5, 5.41) is 0. The number of pyridine rings is 1. The van der Waals surface area contributed by atoms with E-state index in [1.807, 2.05) is 18.5 Å². The van der Waals surface area contributed by atoms with E-state index in [0.717, 1.165) is 5.56 Å². The smallest absolute Gasteiger partial charge is 0.0315 e. The third kappa shape index (κ3) is 1.77. The van der Waals surface area contributed by atoms with Crippen LogP contribution in [0, 0.1) is 0 Å². The highest BCUT2D eigenvalue weighted by Crippen LogP contribution is 2.16. The Morgan fingerprint density at radius 2 is 2.27 bits per heavy atom. The number of hydrogen-bond acceptors (Lipinski definition) is 2. The van der Waals surface area contributed by atoms with Crippen molar-refractivity contribution in [2.45, 2.75) is 26.3 Å². The van der Waals surface area contributed by atoms with Crippen LogP contribution in [0.2, 0.25) is 0 Å². The van der Waals surface area contributed by atoms with Crippen LogP contribution in [-0.2, 0) is 6.54 Å². The van der Waals surface area contributed by atoms with Crippen molar-refractivity contribution in [2.75, 3.05) is 0 Å². The predicted octanol–water partition coefficient (Wildman–Crippen LogP) is 1.66. The second-order valence-electron chi connectivity index (χ2n) is 2.93. The molecule has 0 aliphatic rings. The van der Waals surface area contributed by atoms with E-state index in [9.17, 15) is 0 Å². The summed E-state index contributed by atoms with van der Waals surface area (Å²) in [7, 11) is 0. The monoisotopic (exact) mass is 150 g/mol. The molecule has 11 heavy (non-hydrogen) atoms. The van der Waals surface area contributed by atoms with Gasteiger partial charge in [0.05, 0.1) is 0 Å². The molecule has 60 valence electrons. The summed E-state index contributed by atoms with van der Waals surface area (Å²) in [6, 6.07) is 2.03. The van der Waals surface area contributed by atoms with Crippen molar-refractivity contribution < 1.29 is 0 Å². The summed E-state index contributed by atoms with van der Waals surface area (Å²) in [6.07, 6.45) is 3.66. The molecule has 0 aliphatic carbocycles. The maximum atomic E-state index is 5.55. The third-order valence-electron chi connectivity index (χ3n) is 1.78. The van der Waals surface area contributed by atoms with E-state index in [1.165, 1.54) is 5.56 Å². The van der Waals surface area contributed by atoms with Crippen LogP contribution in [-0.4, -0.2) is 4.98 Å². The molecule has 0 amide bonds. The zero-order chi connectivity index (χ0) is 8.27. The summed E-state index contributed by atoms with van der Waals surface area (Å²) >= 11 is 0. The molecule has 0 bridgehead atoms. The molecule has 2 nitrogen and oxygen atoms in total. The highest BCUT2D eigenvalue weighted by Gasteiger charge is 2.03. The molecule has 0 saturated heterocycles. The molecule has 1 aromatic heterocycles. The van der Waals surface area contributed by atoms with Crippen molar-refractivity contribution in [3.05, 3.63) is 29.6 Å². The van der Waals surface area contributed by atoms with Crippen molar-refractivity contribution in [2.24, 2.45) is 5.73 Å². The van der Waals surface area contributed by atoms with Crippen LogP contribution in [0.15, 0.2) is 18.5 Å². The van der Waals surface area contributed by atoms with Gasteiger partial charge in [-0.25, -0.2) is 0 Å². The van der Waals surface area contributed by atoms with Crippen LogP contribution >= 0.6 is 0 Å². The summed E-state index contributed by atoms with van der Waals surface area (Å²) < 4.78 is 0. The minimum atomic E-state index is 0.538. The van der Waals surface area contributed by atoms with Gasteiger partial charge in [-0.05, 0) is 23.1 Å². The van der Waals surface area contributed by atoms with Crippen molar-refractivity contribution in [1.82, 2.24) is 4.98 Å². The van der Waals surface area contributed by atoms with Crippen LogP contribution < -0.4 is 5.73 Å². The second kappa shape index (κ2) is 3.49. The number of rotatable bonds is 2. The summed E-state index contributed by atoms with van der Waals surface area (Å²) in [6.45, 7) is 4.91. The molecule has 0 aliphatic heterocycles. The molecule has 0 atom stereocenters. The Balaban J connectivity index is 3.02. The molecule has 0 unspecified atom stereocenters. The SMILES string of the molecule is CC(C)c1ccncc1CN. The fourth-order valence-corrected chi connectivity index (χ4v) is 1.17. The van der Waals surface area contributed by atoms with Gasteiger partial charge in [-0.15, -0.1) is 0 Å². The Bertz CT molecular complexity index is 231. The molecule has 2 heteroatoms. The van der Waals surface area contributed by atoms with Crippen LogP contribution in [0.5, 0.6) is 0 Å². The molecule has 0 spiro atoms. The fraction of sp³-hybridized carbons (Fsp3) is 0.444. The van der Waals surface area contributed by atoms with E-state index in [4.69, 9.17) is 5.73 Å². The largest absolute Gasteiger partial charge is 0.326 e. The van der Waals surface area contributed by atoms with Crippen LogP contribution in [0.4, 0.5) is 0 Å². The van der Waals surface area contributed by atoms with Gasteiger partial charge in [0.15, 0.2) is 0 Å². The molecule has 0 radical (unpaired) electrons. The summed E-state index contributed by atoms with van der Waals surface area (Å²) in [4.78, 5) is 4.02. The number of aromatic nitrogens is 1. The molecule has 2 N–H and O–H groups in total. The molecule has 0 saturated carbocycles. The third-order valence-corrected chi connectivity index (χ3v) is 1.78. The van der Waals surface area contributed by atoms with E-state index >= 15 is 0 Å². The Kier molecular flexibility index (Phi) is 2.60. The van der Waals surface area contributed by atoms with Gasteiger partial charge in [-0.3, -0.25) is 4.98 Å². The maximum absolute atomic E-state index is 5.55. The lowest BCUT2D eigenvalue weighted by molar-refractivity contribution is 0.833. The normalized spacial score (nSPS) is 10.5. The lowest BCUT2D eigenvalue weighted by Crippen LogP contribution is -2.03. The topological polar surface area (TPSA) is 38.9 Å². The average Bonchev–Trinajstić information content (AvgIpc) is 2.04. The molecule has 0 aromatic carbocycles. The molecule has 1 heterocycles. The summed E-state index contributed by atoms with van der Waals surface area (Å²) in [5.41, 5.74) is 8.01. The first-order valence-corrected chi connectivity index (χ1v) is 3.88. The molecular formula is C9H14N2. The van der Waals surface area contributed by atoms with E-state index < -0.39 is 0 Å². The van der Waals surface area contributed by atoms with Gasteiger partial charge in [0.2, 0.25) is 0 Å². The minimum Gasteiger partial charge on any atom is -0.326 e. The van der Waals surface area contributed by atoms with Gasteiger partial charge >= 0.3 is 0 Å². The van der Waals surface area contributed by atoms with Crippen molar-refractivity contribution in [3.8, 4) is 0 Å². The number of hydrogen-bond donors (Lipinski definition) is 1. The first kappa shape index (κ1) is 8.21. The Labute approximate surface area is 67.5 Å². The fourth-order valence-electron chi connectivity index (χ4n) is 1.17. The minimum absolute atomic E-state index is 0.538. The van der Waals surface area contributed by atoms with E-state index in [1.54, 1.807) is 0 Å². The van der Waals surface area contributed by atoms with Crippen molar-refractivity contribution in [1.29, 1.82) is 0 Å². The Hall–Kier alpha value is -0.890. The highest BCUT2D eigenvalue weighted by molar-refractivity contribution is 5.25. The first-order valence-electron chi connectivity index (χ1n) is 3.88. The molecular weight excluding hydrogens is 136 g/mol.